The van der Waals surface area contributed by atoms with Crippen LogP contribution < -0.4 is 5.32 Å². The number of methoxy groups -OCH3 is 1. The molecule has 0 saturated carbocycles. The molecule has 0 spiro atoms. The van der Waals surface area contributed by atoms with Crippen molar-refractivity contribution in [3.8, 4) is 0 Å². The summed E-state index contributed by atoms with van der Waals surface area (Å²) in [5.74, 6) is -0.215. The molecule has 0 amide bonds. The molecule has 0 fully saturated rings. The Bertz CT molecular complexity index is 588. The van der Waals surface area contributed by atoms with E-state index in [1.165, 1.54) is 6.07 Å². The molecule has 0 aliphatic carbocycles. The average molecular weight is 338 g/mol. The number of benzene rings is 2. The SMILES string of the molecule is COC(C)c1cccc(NCc2ccc(Br)cc2F)c1. The normalized spacial score (nSPS) is 12.2. The standard InChI is InChI=1S/C16H17BrFNO/c1-11(20-2)12-4-3-5-15(8-12)19-10-13-6-7-14(17)9-16(13)18/h3-9,11,19H,10H2,1-2H3. The van der Waals surface area contributed by atoms with E-state index in [1.54, 1.807) is 13.2 Å². The second kappa shape index (κ2) is 6.86. The topological polar surface area (TPSA) is 21.3 Å². The lowest BCUT2D eigenvalue weighted by molar-refractivity contribution is 0.119. The van der Waals surface area contributed by atoms with Gasteiger partial charge in [0.15, 0.2) is 0 Å². The highest BCUT2D eigenvalue weighted by molar-refractivity contribution is 9.10. The average Bonchev–Trinajstić information content (AvgIpc) is 2.46. The Morgan fingerprint density at radius 1 is 1.25 bits per heavy atom. The molecule has 0 aromatic heterocycles. The van der Waals surface area contributed by atoms with Gasteiger partial charge in [0.2, 0.25) is 0 Å². The monoisotopic (exact) mass is 337 g/mol. The smallest absolute Gasteiger partial charge is 0.129 e. The van der Waals surface area contributed by atoms with Crippen LogP contribution in [0.1, 0.15) is 24.2 Å². The van der Waals surface area contributed by atoms with Crippen molar-refractivity contribution < 1.29 is 9.13 Å². The number of halogens is 2. The Kier molecular flexibility index (Phi) is 5.15. The number of nitrogens with one attached hydrogen (secondary N) is 1. The van der Waals surface area contributed by atoms with E-state index in [0.29, 0.717) is 12.1 Å². The minimum Gasteiger partial charge on any atom is -0.381 e. The third kappa shape index (κ3) is 3.81. The molecule has 0 bridgehead atoms. The van der Waals surface area contributed by atoms with Crippen LogP contribution in [0.4, 0.5) is 10.1 Å². The molecule has 0 aliphatic rings. The zero-order valence-corrected chi connectivity index (χ0v) is 13.1. The van der Waals surface area contributed by atoms with Gasteiger partial charge < -0.3 is 10.1 Å². The fourth-order valence-electron chi connectivity index (χ4n) is 1.90. The second-order valence-corrected chi connectivity index (χ2v) is 5.51. The summed E-state index contributed by atoms with van der Waals surface area (Å²) in [6.45, 7) is 2.44. The maximum Gasteiger partial charge on any atom is 0.129 e. The molecule has 2 rings (SSSR count). The van der Waals surface area contributed by atoms with Gasteiger partial charge in [-0.05, 0) is 36.8 Å². The number of rotatable bonds is 5. The maximum absolute atomic E-state index is 13.7. The first-order valence-electron chi connectivity index (χ1n) is 6.40. The molecule has 0 aliphatic heterocycles. The summed E-state index contributed by atoms with van der Waals surface area (Å²) < 4.78 is 19.8. The summed E-state index contributed by atoms with van der Waals surface area (Å²) in [5.41, 5.74) is 2.68. The lowest BCUT2D eigenvalue weighted by Crippen LogP contribution is -2.03. The summed E-state index contributed by atoms with van der Waals surface area (Å²) in [4.78, 5) is 0. The minimum atomic E-state index is -0.215. The van der Waals surface area contributed by atoms with Crippen molar-refractivity contribution in [3.05, 3.63) is 63.9 Å². The molecule has 1 unspecified atom stereocenters. The van der Waals surface area contributed by atoms with Gasteiger partial charge in [-0.1, -0.05) is 34.1 Å². The van der Waals surface area contributed by atoms with Gasteiger partial charge in [0.05, 0.1) is 6.10 Å². The molecule has 2 nitrogen and oxygen atoms in total. The van der Waals surface area contributed by atoms with E-state index >= 15 is 0 Å². The van der Waals surface area contributed by atoms with Crippen LogP contribution in [0.15, 0.2) is 46.9 Å². The van der Waals surface area contributed by atoms with Crippen molar-refractivity contribution >= 4 is 21.6 Å². The highest BCUT2D eigenvalue weighted by atomic mass is 79.9. The highest BCUT2D eigenvalue weighted by Gasteiger charge is 2.05. The van der Waals surface area contributed by atoms with Crippen LogP contribution in [0.25, 0.3) is 0 Å². The van der Waals surface area contributed by atoms with E-state index in [1.807, 2.05) is 37.3 Å². The highest BCUT2D eigenvalue weighted by Crippen LogP contribution is 2.21. The van der Waals surface area contributed by atoms with Crippen LogP contribution in [-0.2, 0) is 11.3 Å². The van der Waals surface area contributed by atoms with Crippen molar-refractivity contribution in [2.45, 2.75) is 19.6 Å². The fourth-order valence-corrected chi connectivity index (χ4v) is 2.23. The van der Waals surface area contributed by atoms with Gasteiger partial charge in [0.1, 0.15) is 5.82 Å². The molecule has 0 saturated heterocycles. The van der Waals surface area contributed by atoms with Crippen molar-refractivity contribution in [2.24, 2.45) is 0 Å². The molecule has 0 radical (unpaired) electrons. The van der Waals surface area contributed by atoms with Crippen LogP contribution >= 0.6 is 15.9 Å². The lowest BCUT2D eigenvalue weighted by Gasteiger charge is -2.13. The first-order chi connectivity index (χ1) is 9.60. The molecule has 2 aromatic carbocycles. The van der Waals surface area contributed by atoms with E-state index in [2.05, 4.69) is 21.2 Å². The molecular formula is C16H17BrFNO. The van der Waals surface area contributed by atoms with Crippen LogP contribution in [0.5, 0.6) is 0 Å². The van der Waals surface area contributed by atoms with E-state index in [9.17, 15) is 4.39 Å². The molecule has 1 atom stereocenters. The van der Waals surface area contributed by atoms with Crippen molar-refractivity contribution in [1.82, 2.24) is 0 Å². The zero-order chi connectivity index (χ0) is 14.5. The molecule has 2 aromatic rings. The van der Waals surface area contributed by atoms with E-state index in [0.717, 1.165) is 15.7 Å². The van der Waals surface area contributed by atoms with Gasteiger partial charge in [-0.25, -0.2) is 4.39 Å². The summed E-state index contributed by atoms with van der Waals surface area (Å²) >= 11 is 3.25. The predicted octanol–water partition coefficient (Wildman–Crippen LogP) is 4.91. The van der Waals surface area contributed by atoms with Gasteiger partial charge in [0, 0.05) is 29.4 Å². The van der Waals surface area contributed by atoms with Crippen molar-refractivity contribution in [3.63, 3.8) is 0 Å². The largest absolute Gasteiger partial charge is 0.381 e. The van der Waals surface area contributed by atoms with Gasteiger partial charge in [-0.2, -0.15) is 0 Å². The molecule has 106 valence electrons. The van der Waals surface area contributed by atoms with Gasteiger partial charge >= 0.3 is 0 Å². The summed E-state index contributed by atoms with van der Waals surface area (Å²) in [5, 5.41) is 3.23. The Morgan fingerprint density at radius 2 is 2.05 bits per heavy atom. The molecule has 1 N–H and O–H groups in total. The van der Waals surface area contributed by atoms with E-state index in [4.69, 9.17) is 4.74 Å². The quantitative estimate of drug-likeness (QED) is 0.837. The molecule has 0 heterocycles. The summed E-state index contributed by atoms with van der Waals surface area (Å²) in [7, 11) is 1.68. The molecule has 4 heteroatoms. The Balaban J connectivity index is 2.07. The first-order valence-corrected chi connectivity index (χ1v) is 7.20. The molecular weight excluding hydrogens is 321 g/mol. The van der Waals surface area contributed by atoms with Crippen LogP contribution in [0, 0.1) is 5.82 Å². The number of hydrogen-bond acceptors (Lipinski definition) is 2. The minimum absolute atomic E-state index is 0.0427. The first kappa shape index (κ1) is 15.0. The van der Waals surface area contributed by atoms with Gasteiger partial charge in [-0.15, -0.1) is 0 Å². The third-order valence-electron chi connectivity index (χ3n) is 3.21. The van der Waals surface area contributed by atoms with Gasteiger partial charge in [0.25, 0.3) is 0 Å². The third-order valence-corrected chi connectivity index (χ3v) is 3.70. The number of anilines is 1. The van der Waals surface area contributed by atoms with Crippen LogP contribution in [0.3, 0.4) is 0 Å². The second-order valence-electron chi connectivity index (χ2n) is 4.59. The fraction of sp³-hybridized carbons (Fsp3) is 0.250. The predicted molar refractivity (Wildman–Crippen MR) is 83.3 cm³/mol. The maximum atomic E-state index is 13.7. The van der Waals surface area contributed by atoms with E-state index < -0.39 is 0 Å². The zero-order valence-electron chi connectivity index (χ0n) is 11.5. The van der Waals surface area contributed by atoms with Crippen LogP contribution in [0.2, 0.25) is 0 Å². The molecule has 20 heavy (non-hydrogen) atoms. The Labute approximate surface area is 127 Å². The summed E-state index contributed by atoms with van der Waals surface area (Å²) in [6, 6.07) is 13.0. The van der Waals surface area contributed by atoms with Gasteiger partial charge in [-0.3, -0.25) is 0 Å². The lowest BCUT2D eigenvalue weighted by atomic mass is 10.1. The van der Waals surface area contributed by atoms with E-state index in [-0.39, 0.29) is 11.9 Å². The van der Waals surface area contributed by atoms with Crippen molar-refractivity contribution in [2.75, 3.05) is 12.4 Å². The Hall–Kier alpha value is -1.39. The summed E-state index contributed by atoms with van der Waals surface area (Å²) in [6.07, 6.45) is 0.0427. The Morgan fingerprint density at radius 3 is 2.75 bits per heavy atom. The van der Waals surface area contributed by atoms with Crippen LogP contribution in [-0.4, -0.2) is 7.11 Å². The number of hydrogen-bond donors (Lipinski definition) is 1. The number of ether oxygens (including phenoxy) is 1. The van der Waals surface area contributed by atoms with Crippen molar-refractivity contribution in [1.29, 1.82) is 0 Å².